The highest BCUT2D eigenvalue weighted by Gasteiger charge is 2.07. The van der Waals surface area contributed by atoms with Crippen LogP contribution in [0, 0.1) is 16.0 Å². The number of halogens is 1. The Kier molecular flexibility index (Phi) is 16.3. The van der Waals surface area contributed by atoms with E-state index in [0.717, 1.165) is 38.5 Å². The second-order valence-corrected chi connectivity index (χ2v) is 7.25. The molecule has 0 amide bonds. The van der Waals surface area contributed by atoms with Gasteiger partial charge >= 0.3 is 0 Å². The summed E-state index contributed by atoms with van der Waals surface area (Å²) in [6.07, 6.45) is 2.87. The number of aliphatic hydroxyl groups is 1. The van der Waals surface area contributed by atoms with Gasteiger partial charge < -0.3 is 5.11 Å². The summed E-state index contributed by atoms with van der Waals surface area (Å²) in [5, 5.41) is 17.3. The van der Waals surface area contributed by atoms with Crippen molar-refractivity contribution in [3.63, 3.8) is 0 Å². The molecule has 0 aliphatic heterocycles. The summed E-state index contributed by atoms with van der Waals surface area (Å²) < 4.78 is 2.81. The van der Waals surface area contributed by atoms with E-state index in [2.05, 4.69) is 48.4 Å². The van der Waals surface area contributed by atoms with Crippen LogP contribution in [0.4, 0.5) is 5.69 Å². The third kappa shape index (κ3) is 13.2. The maximum Gasteiger partial charge on any atom is 0.269 e. The van der Waals surface area contributed by atoms with Gasteiger partial charge in [0.05, 0.1) is 4.92 Å². The van der Waals surface area contributed by atoms with Gasteiger partial charge in [-0.3, -0.25) is 14.8 Å². The average molecular weight is 442 g/mol. The number of benzene rings is 2. The largest absolute Gasteiger partial charge is 0.400 e. The lowest BCUT2D eigenvalue weighted by Crippen LogP contribution is -2.26. The molecule has 2 aromatic rings. The van der Waals surface area contributed by atoms with Crippen molar-refractivity contribution in [1.82, 2.24) is 9.56 Å². The fourth-order valence-corrected chi connectivity index (χ4v) is 2.87. The van der Waals surface area contributed by atoms with Gasteiger partial charge in [-0.05, 0) is 48.1 Å². The fraction of sp³-hybridized carbons (Fsp3) is 0.429. The number of hydrogen-bond donors (Lipinski definition) is 4. The van der Waals surface area contributed by atoms with E-state index in [1.807, 2.05) is 30.3 Å². The highest BCUT2D eigenvalue weighted by molar-refractivity contribution is 7.78. The van der Waals surface area contributed by atoms with E-state index in [4.69, 9.17) is 16.9 Å². The molecule has 162 valence electrons. The first-order valence-electron chi connectivity index (χ1n) is 9.41. The molecular formula is C21H32ClN3O3S. The van der Waals surface area contributed by atoms with E-state index in [1.165, 1.54) is 5.56 Å². The molecule has 0 fully saturated rings. The summed E-state index contributed by atoms with van der Waals surface area (Å²) in [5.41, 5.74) is 2.61. The van der Waals surface area contributed by atoms with Crippen LogP contribution in [0.3, 0.4) is 0 Å². The van der Waals surface area contributed by atoms with Gasteiger partial charge in [0.15, 0.2) is 0 Å². The number of hydrogen-bond acceptors (Lipinski definition) is 6. The Balaban J connectivity index is 0.000000499. The lowest BCUT2D eigenvalue weighted by molar-refractivity contribution is -0.384. The summed E-state index contributed by atoms with van der Waals surface area (Å²) in [7, 11) is 1.00. The Morgan fingerprint density at radius 3 is 2.03 bits per heavy atom. The highest BCUT2D eigenvalue weighted by Crippen LogP contribution is 2.14. The number of rotatable bonds is 9. The van der Waals surface area contributed by atoms with E-state index in [0.29, 0.717) is 12.0 Å². The van der Waals surface area contributed by atoms with Crippen LogP contribution in [0.15, 0.2) is 54.6 Å². The Bertz CT molecular complexity index is 658. The summed E-state index contributed by atoms with van der Waals surface area (Å²) in [5.74, 6) is 0.585. The Labute approximate surface area is 184 Å². The van der Waals surface area contributed by atoms with Crippen LogP contribution in [0.2, 0.25) is 0 Å². The third-order valence-corrected chi connectivity index (χ3v) is 4.41. The molecule has 0 aliphatic rings. The standard InChI is InChI=1S/C10H15ClN2S.C10H13NO2.CH4O/c11-13-10(6-7-12-14)8-9-4-2-1-3-5-9;1-8(2)7-9-3-5-10(6-4-9)11(12)13;1-2/h1-5,10,12-14H,6-8H2;3-6,8H,7H2,1-2H3;2H,1H3. The minimum atomic E-state index is -0.376. The van der Waals surface area contributed by atoms with E-state index in [1.54, 1.807) is 12.1 Å². The van der Waals surface area contributed by atoms with Gasteiger partial charge in [0, 0.05) is 31.8 Å². The molecule has 0 heterocycles. The van der Waals surface area contributed by atoms with Crippen LogP contribution < -0.4 is 9.56 Å². The molecule has 0 saturated heterocycles. The Hall–Kier alpha value is -1.64. The third-order valence-electron chi connectivity index (χ3n) is 3.87. The number of non-ortho nitro benzene ring substituents is 1. The van der Waals surface area contributed by atoms with Crippen molar-refractivity contribution in [1.29, 1.82) is 0 Å². The molecule has 1 atom stereocenters. The maximum atomic E-state index is 10.3. The Morgan fingerprint density at radius 2 is 1.59 bits per heavy atom. The van der Waals surface area contributed by atoms with Crippen LogP contribution in [-0.2, 0) is 12.8 Å². The first kappa shape index (κ1) is 27.4. The molecule has 0 spiro atoms. The van der Waals surface area contributed by atoms with E-state index in [9.17, 15) is 10.1 Å². The van der Waals surface area contributed by atoms with Crippen LogP contribution in [0.25, 0.3) is 0 Å². The molecule has 2 rings (SSSR count). The minimum absolute atomic E-state index is 0.160. The van der Waals surface area contributed by atoms with Gasteiger partial charge in [-0.25, -0.2) is 4.84 Å². The SMILES string of the molecule is CC(C)Cc1ccc([N+](=O)[O-])cc1.CO.SNCCC(Cc1ccccc1)NCl. The van der Waals surface area contributed by atoms with Crippen LogP contribution >= 0.6 is 24.6 Å². The van der Waals surface area contributed by atoms with Gasteiger partial charge in [0.25, 0.3) is 5.69 Å². The molecule has 1 unspecified atom stereocenters. The second kappa shape index (κ2) is 17.2. The van der Waals surface area contributed by atoms with Crippen LogP contribution in [0.1, 0.15) is 31.4 Å². The van der Waals surface area contributed by atoms with Gasteiger partial charge in [0.2, 0.25) is 0 Å². The van der Waals surface area contributed by atoms with Crippen LogP contribution in [0.5, 0.6) is 0 Å². The van der Waals surface area contributed by atoms with Crippen LogP contribution in [-0.4, -0.2) is 29.7 Å². The van der Waals surface area contributed by atoms with Gasteiger partial charge in [-0.15, -0.1) is 0 Å². The second-order valence-electron chi connectivity index (χ2n) is 6.71. The van der Waals surface area contributed by atoms with E-state index in [-0.39, 0.29) is 10.6 Å². The molecular weight excluding hydrogens is 410 g/mol. The summed E-state index contributed by atoms with van der Waals surface area (Å²) >= 11 is 9.59. The minimum Gasteiger partial charge on any atom is -0.400 e. The zero-order chi connectivity index (χ0) is 22.1. The number of nitrogens with zero attached hydrogens (tertiary/aromatic N) is 1. The van der Waals surface area contributed by atoms with Crippen molar-refractivity contribution in [3.05, 3.63) is 75.8 Å². The van der Waals surface area contributed by atoms with Crippen molar-refractivity contribution >= 4 is 30.3 Å². The first-order chi connectivity index (χ1) is 14.0. The first-order valence-corrected chi connectivity index (χ1v) is 10.2. The van der Waals surface area contributed by atoms with Crippen molar-refractivity contribution in [2.75, 3.05) is 13.7 Å². The smallest absolute Gasteiger partial charge is 0.269 e. The molecule has 29 heavy (non-hydrogen) atoms. The van der Waals surface area contributed by atoms with Gasteiger partial charge in [-0.2, -0.15) is 0 Å². The molecule has 0 aromatic heterocycles. The quantitative estimate of drug-likeness (QED) is 0.198. The molecule has 6 nitrogen and oxygen atoms in total. The lowest BCUT2D eigenvalue weighted by Gasteiger charge is -2.13. The predicted octanol–water partition coefficient (Wildman–Crippen LogP) is 4.57. The van der Waals surface area contributed by atoms with Crippen molar-refractivity contribution < 1.29 is 10.0 Å². The van der Waals surface area contributed by atoms with Gasteiger partial charge in [-0.1, -0.05) is 69.1 Å². The molecule has 0 aliphatic carbocycles. The molecule has 3 N–H and O–H groups in total. The molecule has 8 heteroatoms. The average Bonchev–Trinajstić information content (AvgIpc) is 2.73. The topological polar surface area (TPSA) is 87.4 Å². The molecule has 0 saturated carbocycles. The number of aliphatic hydroxyl groups excluding tert-OH is 1. The maximum absolute atomic E-state index is 10.3. The normalized spacial score (nSPS) is 11.0. The zero-order valence-electron chi connectivity index (χ0n) is 17.2. The van der Waals surface area contributed by atoms with Crippen molar-refractivity contribution in [2.45, 2.75) is 39.2 Å². The lowest BCUT2D eigenvalue weighted by atomic mass is 10.0. The zero-order valence-corrected chi connectivity index (χ0v) is 18.9. The number of thiol groups is 1. The number of nitro benzene ring substituents is 1. The van der Waals surface area contributed by atoms with E-state index >= 15 is 0 Å². The van der Waals surface area contributed by atoms with Gasteiger partial charge in [0.1, 0.15) is 0 Å². The Morgan fingerprint density at radius 1 is 1.03 bits per heavy atom. The highest BCUT2D eigenvalue weighted by atomic mass is 35.5. The molecule has 0 radical (unpaired) electrons. The molecule has 0 bridgehead atoms. The van der Waals surface area contributed by atoms with E-state index < -0.39 is 0 Å². The number of nitro groups is 1. The van der Waals surface area contributed by atoms with Crippen molar-refractivity contribution in [2.24, 2.45) is 5.92 Å². The fourth-order valence-electron chi connectivity index (χ4n) is 2.56. The number of nitrogens with one attached hydrogen (secondary N) is 2. The summed E-state index contributed by atoms with van der Waals surface area (Å²) in [6.45, 7) is 5.10. The monoisotopic (exact) mass is 441 g/mol. The predicted molar refractivity (Wildman–Crippen MR) is 124 cm³/mol. The van der Waals surface area contributed by atoms with Crippen molar-refractivity contribution in [3.8, 4) is 0 Å². The summed E-state index contributed by atoms with van der Waals surface area (Å²) in [6, 6.07) is 17.3. The molecule has 2 aromatic carbocycles. The summed E-state index contributed by atoms with van der Waals surface area (Å²) in [4.78, 5) is 12.7.